The molecule has 2 rings (SSSR count). The van der Waals surface area contributed by atoms with E-state index in [-0.39, 0.29) is 17.7 Å². The Morgan fingerprint density at radius 3 is 1.75 bits per heavy atom. The van der Waals surface area contributed by atoms with Crippen molar-refractivity contribution in [3.63, 3.8) is 0 Å². The van der Waals surface area contributed by atoms with Crippen molar-refractivity contribution in [2.24, 2.45) is 0 Å². The van der Waals surface area contributed by atoms with E-state index in [1.54, 1.807) is 6.07 Å². The van der Waals surface area contributed by atoms with Gasteiger partial charge in [0, 0.05) is 0 Å². The summed E-state index contributed by atoms with van der Waals surface area (Å²) < 4.78 is 40.1. The van der Waals surface area contributed by atoms with Crippen molar-refractivity contribution < 1.29 is 23.4 Å². The van der Waals surface area contributed by atoms with Gasteiger partial charge in [-0.2, -0.15) is 13.2 Å². The van der Waals surface area contributed by atoms with Gasteiger partial charge in [-0.1, -0.05) is 54.6 Å². The average Bonchev–Trinajstić information content (AvgIpc) is 2.46. The van der Waals surface area contributed by atoms with Gasteiger partial charge in [0.2, 0.25) is 5.60 Å². The van der Waals surface area contributed by atoms with Gasteiger partial charge in [0.1, 0.15) is 0 Å². The largest absolute Gasteiger partial charge is 0.425 e. The lowest BCUT2D eigenvalue weighted by Gasteiger charge is -2.31. The molecular weight excluding hydrogens is 269 g/mol. The van der Waals surface area contributed by atoms with E-state index in [4.69, 9.17) is 5.11 Å². The average molecular weight is 282 g/mol. The molecular formula is C15H13F3O2. The molecule has 2 N–H and O–H groups in total. The third kappa shape index (κ3) is 2.42. The molecule has 106 valence electrons. The van der Waals surface area contributed by atoms with Crippen LogP contribution in [0.15, 0.2) is 54.6 Å². The maximum atomic E-state index is 13.4. The fraction of sp³-hybridized carbons (Fsp3) is 0.200. The third-order valence-corrected chi connectivity index (χ3v) is 3.16. The van der Waals surface area contributed by atoms with Crippen molar-refractivity contribution in [2.75, 3.05) is 0 Å². The Balaban J connectivity index is 2.58. The van der Waals surface area contributed by atoms with Gasteiger partial charge in [0.05, 0.1) is 6.61 Å². The van der Waals surface area contributed by atoms with Gasteiger partial charge >= 0.3 is 6.18 Å². The first-order chi connectivity index (χ1) is 9.39. The fourth-order valence-electron chi connectivity index (χ4n) is 2.02. The van der Waals surface area contributed by atoms with Gasteiger partial charge in [-0.25, -0.2) is 0 Å². The topological polar surface area (TPSA) is 40.5 Å². The summed E-state index contributed by atoms with van der Waals surface area (Å²) in [4.78, 5) is 0. The number of halogens is 3. The summed E-state index contributed by atoms with van der Waals surface area (Å²) in [6.07, 6.45) is -4.85. The summed E-state index contributed by atoms with van der Waals surface area (Å²) in [6, 6.07) is 12.0. The first-order valence-corrected chi connectivity index (χ1v) is 5.94. The molecule has 2 nitrogen and oxygen atoms in total. The Morgan fingerprint density at radius 2 is 1.30 bits per heavy atom. The Labute approximate surface area is 114 Å². The van der Waals surface area contributed by atoms with Crippen LogP contribution in [0.4, 0.5) is 13.2 Å². The molecule has 0 radical (unpaired) electrons. The molecule has 2 aromatic carbocycles. The third-order valence-electron chi connectivity index (χ3n) is 3.16. The highest BCUT2D eigenvalue weighted by Crippen LogP contribution is 2.44. The molecule has 0 bridgehead atoms. The van der Waals surface area contributed by atoms with Gasteiger partial charge < -0.3 is 10.2 Å². The summed E-state index contributed by atoms with van der Waals surface area (Å²) in [5.41, 5.74) is -3.12. The molecule has 20 heavy (non-hydrogen) atoms. The zero-order chi connectivity index (χ0) is 14.8. The molecule has 1 unspecified atom stereocenters. The number of alkyl halides is 3. The second-order valence-corrected chi connectivity index (χ2v) is 4.43. The highest BCUT2D eigenvalue weighted by Gasteiger charge is 2.56. The van der Waals surface area contributed by atoms with E-state index in [2.05, 4.69) is 0 Å². The van der Waals surface area contributed by atoms with Crippen LogP contribution in [-0.4, -0.2) is 16.4 Å². The van der Waals surface area contributed by atoms with E-state index in [9.17, 15) is 18.3 Å². The van der Waals surface area contributed by atoms with Crippen molar-refractivity contribution in [1.82, 2.24) is 0 Å². The van der Waals surface area contributed by atoms with E-state index < -0.39 is 11.8 Å². The lowest BCUT2D eigenvalue weighted by molar-refractivity contribution is -0.248. The summed E-state index contributed by atoms with van der Waals surface area (Å²) in [5.74, 6) is 0. The zero-order valence-electron chi connectivity index (χ0n) is 10.4. The smallest absolute Gasteiger partial charge is 0.392 e. The van der Waals surface area contributed by atoms with Crippen LogP contribution in [0, 0.1) is 0 Å². The van der Waals surface area contributed by atoms with E-state index >= 15 is 0 Å². The standard InChI is InChI=1S/C15H13F3O2/c16-15(17,18)14(20,12-4-2-1-3-5-12)13-8-6-11(10-19)7-9-13/h1-9,19-20H,10H2. The second-order valence-electron chi connectivity index (χ2n) is 4.43. The monoisotopic (exact) mass is 282 g/mol. The van der Waals surface area contributed by atoms with Crippen molar-refractivity contribution in [2.45, 2.75) is 18.4 Å². The van der Waals surface area contributed by atoms with Crippen molar-refractivity contribution >= 4 is 0 Å². The molecule has 0 saturated carbocycles. The molecule has 0 spiro atoms. The van der Waals surface area contributed by atoms with Crippen molar-refractivity contribution in [3.8, 4) is 0 Å². The van der Waals surface area contributed by atoms with Gasteiger partial charge in [-0.3, -0.25) is 0 Å². The van der Waals surface area contributed by atoms with Crippen molar-refractivity contribution in [3.05, 3.63) is 71.3 Å². The van der Waals surface area contributed by atoms with Gasteiger partial charge in [-0.15, -0.1) is 0 Å². The molecule has 0 aliphatic carbocycles. The quantitative estimate of drug-likeness (QED) is 0.908. The SMILES string of the molecule is OCc1ccc(C(O)(c2ccccc2)C(F)(F)F)cc1. The summed E-state index contributed by atoms with van der Waals surface area (Å²) in [5, 5.41) is 19.2. The van der Waals surface area contributed by atoms with Crippen LogP contribution >= 0.6 is 0 Å². The lowest BCUT2D eigenvalue weighted by atomic mass is 9.85. The first kappa shape index (κ1) is 14.6. The number of aliphatic hydroxyl groups is 2. The molecule has 0 amide bonds. The highest BCUT2D eigenvalue weighted by molar-refractivity contribution is 5.39. The minimum atomic E-state index is -4.85. The zero-order valence-corrected chi connectivity index (χ0v) is 10.4. The number of rotatable bonds is 3. The van der Waals surface area contributed by atoms with E-state index in [1.807, 2.05) is 0 Å². The molecule has 0 fully saturated rings. The molecule has 0 aliphatic rings. The Bertz CT molecular complexity index is 564. The van der Waals surface area contributed by atoms with Gasteiger partial charge in [0.25, 0.3) is 0 Å². The molecule has 0 aromatic heterocycles. The highest BCUT2D eigenvalue weighted by atomic mass is 19.4. The molecule has 0 heterocycles. The summed E-state index contributed by atoms with van der Waals surface area (Å²) in [6.45, 7) is -0.268. The maximum absolute atomic E-state index is 13.4. The van der Waals surface area contributed by atoms with E-state index in [0.717, 1.165) is 0 Å². The molecule has 0 aliphatic heterocycles. The molecule has 2 aromatic rings. The summed E-state index contributed by atoms with van der Waals surface area (Å²) in [7, 11) is 0. The predicted molar refractivity (Wildman–Crippen MR) is 67.9 cm³/mol. The maximum Gasteiger partial charge on any atom is 0.425 e. The predicted octanol–water partition coefficient (Wildman–Crippen LogP) is 2.98. The molecule has 0 saturated heterocycles. The van der Waals surface area contributed by atoms with Crippen LogP contribution in [0.25, 0.3) is 0 Å². The van der Waals surface area contributed by atoms with E-state index in [1.165, 1.54) is 48.5 Å². The van der Waals surface area contributed by atoms with Gasteiger partial charge in [0.15, 0.2) is 0 Å². The number of hydrogen-bond acceptors (Lipinski definition) is 2. The van der Waals surface area contributed by atoms with Crippen molar-refractivity contribution in [1.29, 1.82) is 0 Å². The number of aliphatic hydroxyl groups excluding tert-OH is 1. The van der Waals surface area contributed by atoms with Crippen LogP contribution in [-0.2, 0) is 12.2 Å². The lowest BCUT2D eigenvalue weighted by Crippen LogP contribution is -2.43. The Morgan fingerprint density at radius 1 is 0.800 bits per heavy atom. The Hall–Kier alpha value is -1.85. The van der Waals surface area contributed by atoms with Crippen LogP contribution in [0.1, 0.15) is 16.7 Å². The molecule has 1 atom stereocenters. The number of hydrogen-bond donors (Lipinski definition) is 2. The van der Waals surface area contributed by atoms with Crippen LogP contribution in [0.5, 0.6) is 0 Å². The van der Waals surface area contributed by atoms with Crippen LogP contribution in [0.3, 0.4) is 0 Å². The fourth-order valence-corrected chi connectivity index (χ4v) is 2.02. The first-order valence-electron chi connectivity index (χ1n) is 5.94. The minimum absolute atomic E-state index is 0.246. The second kappa shape index (κ2) is 5.26. The van der Waals surface area contributed by atoms with E-state index in [0.29, 0.717) is 5.56 Å². The van der Waals surface area contributed by atoms with Crippen LogP contribution in [0.2, 0.25) is 0 Å². The van der Waals surface area contributed by atoms with Crippen LogP contribution < -0.4 is 0 Å². The normalized spacial score (nSPS) is 14.8. The van der Waals surface area contributed by atoms with Gasteiger partial charge in [-0.05, 0) is 16.7 Å². The number of benzene rings is 2. The minimum Gasteiger partial charge on any atom is -0.392 e. The summed E-state index contributed by atoms with van der Waals surface area (Å²) >= 11 is 0. The molecule has 5 heteroatoms. The Kier molecular flexibility index (Phi) is 3.83.